The third-order valence-corrected chi connectivity index (χ3v) is 2.53. The van der Waals surface area contributed by atoms with Gasteiger partial charge in [0, 0.05) is 0 Å². The monoisotopic (exact) mass is 158 g/mol. The number of hydrogen-bond donors (Lipinski definition) is 1. The minimum atomic E-state index is -0.755. The summed E-state index contributed by atoms with van der Waals surface area (Å²) in [4.78, 5) is 10.8. The molecule has 3 atom stereocenters. The van der Waals surface area contributed by atoms with E-state index in [1.165, 1.54) is 0 Å². The number of carboxylic acids is 1. The van der Waals surface area contributed by atoms with Gasteiger partial charge in [-0.05, 0) is 27.2 Å². The second kappa shape index (κ2) is 2.48. The molecule has 1 saturated heterocycles. The fourth-order valence-corrected chi connectivity index (χ4v) is 1.57. The zero-order valence-electron chi connectivity index (χ0n) is 7.13. The van der Waals surface area contributed by atoms with E-state index in [9.17, 15) is 4.79 Å². The third kappa shape index (κ3) is 1.25. The summed E-state index contributed by atoms with van der Waals surface area (Å²) in [5.41, 5.74) is -0.681. The first-order valence-corrected chi connectivity index (χ1v) is 3.85. The van der Waals surface area contributed by atoms with Crippen LogP contribution >= 0.6 is 0 Å². The zero-order chi connectivity index (χ0) is 8.65. The van der Waals surface area contributed by atoms with Crippen LogP contribution in [0.1, 0.15) is 27.2 Å². The zero-order valence-corrected chi connectivity index (χ0v) is 7.13. The van der Waals surface area contributed by atoms with Gasteiger partial charge in [-0.15, -0.1) is 0 Å². The van der Waals surface area contributed by atoms with E-state index in [2.05, 4.69) is 0 Å². The van der Waals surface area contributed by atoms with Gasteiger partial charge >= 0.3 is 5.97 Å². The van der Waals surface area contributed by atoms with E-state index in [-0.39, 0.29) is 12.2 Å². The molecule has 0 aliphatic carbocycles. The number of ether oxygens (including phenoxy) is 1. The lowest BCUT2D eigenvalue weighted by molar-refractivity contribution is -0.150. The van der Waals surface area contributed by atoms with Gasteiger partial charge in [-0.1, -0.05) is 0 Å². The Morgan fingerprint density at radius 1 is 1.64 bits per heavy atom. The van der Waals surface area contributed by atoms with Crippen molar-refractivity contribution in [3.63, 3.8) is 0 Å². The first-order chi connectivity index (χ1) is 4.97. The first kappa shape index (κ1) is 8.53. The quantitative estimate of drug-likeness (QED) is 0.625. The van der Waals surface area contributed by atoms with E-state index in [4.69, 9.17) is 9.84 Å². The fourth-order valence-electron chi connectivity index (χ4n) is 1.57. The van der Waals surface area contributed by atoms with E-state index >= 15 is 0 Å². The highest BCUT2D eigenvalue weighted by atomic mass is 16.5. The Labute approximate surface area is 66.4 Å². The van der Waals surface area contributed by atoms with Gasteiger partial charge in [0.05, 0.1) is 17.6 Å². The van der Waals surface area contributed by atoms with E-state index < -0.39 is 11.4 Å². The fraction of sp³-hybridized carbons (Fsp3) is 0.875. The summed E-state index contributed by atoms with van der Waals surface area (Å²) >= 11 is 0. The van der Waals surface area contributed by atoms with Gasteiger partial charge in [-0.3, -0.25) is 4.79 Å². The Kier molecular flexibility index (Phi) is 1.92. The van der Waals surface area contributed by atoms with Crippen molar-refractivity contribution >= 4 is 5.97 Å². The average Bonchev–Trinajstić information content (AvgIpc) is 2.08. The molecular weight excluding hydrogens is 144 g/mol. The van der Waals surface area contributed by atoms with Crippen molar-refractivity contribution in [2.24, 2.45) is 5.41 Å². The second-order valence-corrected chi connectivity index (χ2v) is 3.52. The van der Waals surface area contributed by atoms with Crippen molar-refractivity contribution in [1.82, 2.24) is 0 Å². The molecule has 3 heteroatoms. The normalized spacial score (nSPS) is 44.3. The topological polar surface area (TPSA) is 46.5 Å². The summed E-state index contributed by atoms with van der Waals surface area (Å²) in [5.74, 6) is -0.755. The lowest BCUT2D eigenvalue weighted by Crippen LogP contribution is -2.33. The molecule has 0 bridgehead atoms. The van der Waals surface area contributed by atoms with E-state index in [1.54, 1.807) is 6.92 Å². The molecule has 3 unspecified atom stereocenters. The Balaban J connectivity index is 2.79. The third-order valence-electron chi connectivity index (χ3n) is 2.53. The molecule has 0 saturated carbocycles. The smallest absolute Gasteiger partial charge is 0.312 e. The Morgan fingerprint density at radius 2 is 2.18 bits per heavy atom. The van der Waals surface area contributed by atoms with Crippen LogP contribution in [0.15, 0.2) is 0 Å². The number of aliphatic carboxylic acids is 1. The van der Waals surface area contributed by atoms with Gasteiger partial charge in [0.25, 0.3) is 0 Å². The van der Waals surface area contributed by atoms with Gasteiger partial charge in [0.1, 0.15) is 0 Å². The lowest BCUT2D eigenvalue weighted by atomic mass is 9.83. The maximum atomic E-state index is 10.8. The number of carbonyl (C=O) groups is 1. The Bertz CT molecular complexity index is 178. The molecule has 0 aromatic carbocycles. The highest BCUT2D eigenvalue weighted by molar-refractivity contribution is 5.75. The van der Waals surface area contributed by atoms with Crippen LogP contribution in [0.4, 0.5) is 0 Å². The summed E-state index contributed by atoms with van der Waals surface area (Å²) in [6.07, 6.45) is 0.518. The average molecular weight is 158 g/mol. The van der Waals surface area contributed by atoms with Gasteiger partial charge in [0.2, 0.25) is 0 Å². The summed E-state index contributed by atoms with van der Waals surface area (Å²) in [6, 6.07) is 0. The van der Waals surface area contributed by atoms with Crippen LogP contribution in [0.25, 0.3) is 0 Å². The van der Waals surface area contributed by atoms with Crippen LogP contribution in [0.3, 0.4) is 0 Å². The molecule has 0 spiro atoms. The van der Waals surface area contributed by atoms with Crippen molar-refractivity contribution in [3.8, 4) is 0 Å². The predicted molar refractivity (Wildman–Crippen MR) is 40.4 cm³/mol. The van der Waals surface area contributed by atoms with Crippen LogP contribution in [-0.4, -0.2) is 23.3 Å². The van der Waals surface area contributed by atoms with Crippen molar-refractivity contribution in [1.29, 1.82) is 0 Å². The van der Waals surface area contributed by atoms with E-state index in [0.29, 0.717) is 6.42 Å². The van der Waals surface area contributed by atoms with Crippen LogP contribution < -0.4 is 0 Å². The molecule has 3 nitrogen and oxygen atoms in total. The summed E-state index contributed by atoms with van der Waals surface area (Å²) in [6.45, 7) is 5.46. The molecule has 1 aliphatic heterocycles. The molecular formula is C8H14O3. The highest BCUT2D eigenvalue weighted by Gasteiger charge is 2.46. The Hall–Kier alpha value is -0.570. The predicted octanol–water partition coefficient (Wildman–Crippen LogP) is 1.27. The molecule has 0 radical (unpaired) electrons. The Morgan fingerprint density at radius 3 is 2.36 bits per heavy atom. The van der Waals surface area contributed by atoms with E-state index in [1.807, 2.05) is 13.8 Å². The summed E-state index contributed by atoms with van der Waals surface area (Å²) in [5, 5.41) is 8.88. The molecule has 64 valence electrons. The first-order valence-electron chi connectivity index (χ1n) is 3.85. The van der Waals surface area contributed by atoms with Gasteiger partial charge < -0.3 is 9.84 Å². The minimum Gasteiger partial charge on any atom is -0.481 e. The number of rotatable bonds is 1. The molecule has 1 aliphatic rings. The maximum Gasteiger partial charge on any atom is 0.312 e. The second-order valence-electron chi connectivity index (χ2n) is 3.52. The van der Waals surface area contributed by atoms with Crippen molar-refractivity contribution < 1.29 is 14.6 Å². The molecule has 1 rings (SSSR count). The molecule has 11 heavy (non-hydrogen) atoms. The lowest BCUT2D eigenvalue weighted by Gasteiger charge is -2.21. The molecule has 1 fully saturated rings. The van der Waals surface area contributed by atoms with Crippen LogP contribution in [0, 0.1) is 5.41 Å². The molecule has 0 aromatic rings. The van der Waals surface area contributed by atoms with Gasteiger partial charge in [0.15, 0.2) is 0 Å². The molecule has 0 amide bonds. The molecule has 0 aromatic heterocycles. The SMILES string of the molecule is CC1CC(C)(C(=O)O)C(C)O1. The van der Waals surface area contributed by atoms with Crippen molar-refractivity contribution in [2.45, 2.75) is 39.4 Å². The van der Waals surface area contributed by atoms with Crippen LogP contribution in [0.2, 0.25) is 0 Å². The molecule has 1 N–H and O–H groups in total. The summed E-state index contributed by atoms with van der Waals surface area (Å²) < 4.78 is 5.36. The standard InChI is InChI=1S/C8H14O3/c1-5-4-8(3,7(9)10)6(2)11-5/h5-6H,4H2,1-3H3,(H,9,10). The number of hydrogen-bond acceptors (Lipinski definition) is 2. The van der Waals surface area contributed by atoms with Crippen molar-refractivity contribution in [2.75, 3.05) is 0 Å². The molecule has 1 heterocycles. The highest BCUT2D eigenvalue weighted by Crippen LogP contribution is 2.38. The van der Waals surface area contributed by atoms with E-state index in [0.717, 1.165) is 0 Å². The van der Waals surface area contributed by atoms with Gasteiger partial charge in [-0.25, -0.2) is 0 Å². The largest absolute Gasteiger partial charge is 0.481 e. The van der Waals surface area contributed by atoms with Crippen molar-refractivity contribution in [3.05, 3.63) is 0 Å². The van der Waals surface area contributed by atoms with Gasteiger partial charge in [-0.2, -0.15) is 0 Å². The van der Waals surface area contributed by atoms with Crippen LogP contribution in [0.5, 0.6) is 0 Å². The number of carboxylic acid groups (broad SMARTS) is 1. The maximum absolute atomic E-state index is 10.8. The minimum absolute atomic E-state index is 0.0751. The summed E-state index contributed by atoms with van der Waals surface area (Å²) in [7, 11) is 0. The van der Waals surface area contributed by atoms with Crippen LogP contribution in [-0.2, 0) is 9.53 Å².